The van der Waals surface area contributed by atoms with Gasteiger partial charge in [0, 0.05) is 25.5 Å². The summed E-state index contributed by atoms with van der Waals surface area (Å²) in [6, 6.07) is 1.10. The molecule has 1 amide bonds. The summed E-state index contributed by atoms with van der Waals surface area (Å²) in [5.41, 5.74) is 0.588. The van der Waals surface area contributed by atoms with Gasteiger partial charge in [-0.2, -0.15) is 0 Å². The minimum absolute atomic E-state index is 0.0905. The van der Waals surface area contributed by atoms with Crippen molar-refractivity contribution < 1.29 is 19.4 Å². The van der Waals surface area contributed by atoms with Gasteiger partial charge in [-0.3, -0.25) is 9.78 Å². The van der Waals surface area contributed by atoms with Crippen LogP contribution in [0.1, 0.15) is 23.7 Å². The van der Waals surface area contributed by atoms with Gasteiger partial charge in [0.15, 0.2) is 0 Å². The van der Waals surface area contributed by atoms with E-state index in [1.54, 1.807) is 11.0 Å². The molecule has 21 heavy (non-hydrogen) atoms. The average molecular weight is 293 g/mol. The van der Waals surface area contributed by atoms with Gasteiger partial charge in [-0.1, -0.05) is 6.92 Å². The lowest BCUT2D eigenvalue weighted by atomic mass is 10.1. The molecule has 1 atom stereocenters. The minimum Gasteiger partial charge on any atom is -0.478 e. The molecule has 0 radical (unpaired) electrons. The maximum atomic E-state index is 12.2. The first kappa shape index (κ1) is 15.2. The maximum absolute atomic E-state index is 12.2. The number of hydrogen-bond donors (Lipinski definition) is 2. The fourth-order valence-corrected chi connectivity index (χ4v) is 2.28. The molecule has 1 saturated heterocycles. The van der Waals surface area contributed by atoms with Crippen LogP contribution in [0.4, 0.5) is 5.69 Å². The van der Waals surface area contributed by atoms with Gasteiger partial charge in [0.1, 0.15) is 11.6 Å². The number of amides is 1. The van der Waals surface area contributed by atoms with E-state index in [1.807, 2.05) is 6.92 Å². The summed E-state index contributed by atoms with van der Waals surface area (Å²) in [4.78, 5) is 29.2. The number of aromatic nitrogens is 1. The Morgan fingerprint density at radius 2 is 2.38 bits per heavy atom. The highest BCUT2D eigenvalue weighted by Gasteiger charge is 2.31. The molecule has 1 aromatic rings. The number of morpholine rings is 1. The summed E-state index contributed by atoms with van der Waals surface area (Å²) in [7, 11) is 0. The Morgan fingerprint density at radius 3 is 3.10 bits per heavy atom. The number of ether oxygens (including phenoxy) is 1. The van der Waals surface area contributed by atoms with Crippen LogP contribution in [-0.2, 0) is 9.53 Å². The smallest absolute Gasteiger partial charge is 0.339 e. The molecule has 0 aliphatic carbocycles. The molecule has 0 bridgehead atoms. The Hall–Kier alpha value is -2.15. The summed E-state index contributed by atoms with van der Waals surface area (Å²) < 4.78 is 5.37. The number of rotatable bonds is 5. The van der Waals surface area contributed by atoms with Gasteiger partial charge in [0.2, 0.25) is 5.91 Å². The zero-order chi connectivity index (χ0) is 15.2. The van der Waals surface area contributed by atoms with Crippen LogP contribution in [0.5, 0.6) is 0 Å². The van der Waals surface area contributed by atoms with Crippen LogP contribution < -0.4 is 10.2 Å². The number of hydrogen-bond acceptors (Lipinski definition) is 5. The van der Waals surface area contributed by atoms with Gasteiger partial charge in [-0.25, -0.2) is 4.79 Å². The second-order valence-corrected chi connectivity index (χ2v) is 4.77. The summed E-state index contributed by atoms with van der Waals surface area (Å²) in [5, 5.41) is 12.1. The molecular weight excluding hydrogens is 274 g/mol. The van der Waals surface area contributed by atoms with E-state index in [2.05, 4.69) is 10.3 Å². The Kier molecular flexibility index (Phi) is 5.10. The number of nitrogens with one attached hydrogen (secondary N) is 1. The molecule has 7 nitrogen and oxygen atoms in total. The van der Waals surface area contributed by atoms with E-state index < -0.39 is 12.0 Å². The van der Waals surface area contributed by atoms with Gasteiger partial charge in [-0.05, 0) is 12.5 Å². The molecule has 0 aromatic carbocycles. The van der Waals surface area contributed by atoms with Crippen LogP contribution in [-0.4, -0.2) is 54.3 Å². The van der Waals surface area contributed by atoms with E-state index in [0.29, 0.717) is 25.4 Å². The van der Waals surface area contributed by atoms with Crippen molar-refractivity contribution in [3.05, 3.63) is 24.0 Å². The summed E-state index contributed by atoms with van der Waals surface area (Å²) in [5.74, 6) is -1.21. The van der Waals surface area contributed by atoms with Crippen molar-refractivity contribution in [3.8, 4) is 0 Å². The quantitative estimate of drug-likeness (QED) is 0.822. The largest absolute Gasteiger partial charge is 0.478 e. The Labute approximate surface area is 122 Å². The van der Waals surface area contributed by atoms with Gasteiger partial charge in [0.05, 0.1) is 18.9 Å². The normalized spacial score (nSPS) is 18.3. The van der Waals surface area contributed by atoms with Crippen LogP contribution in [0.15, 0.2) is 18.5 Å². The fraction of sp³-hybridized carbons (Fsp3) is 0.500. The van der Waals surface area contributed by atoms with Gasteiger partial charge in [0.25, 0.3) is 0 Å². The third-order valence-electron chi connectivity index (χ3n) is 3.32. The standard InChI is InChI=1S/C14H19N3O4/c1-2-4-16-13(18)12-9-21-7-6-17(12)11-3-5-15-8-10(11)14(19)20/h3,5,8,12H,2,4,6-7,9H2,1H3,(H,16,18)(H,19,20). The number of anilines is 1. The molecule has 1 aromatic heterocycles. The van der Waals surface area contributed by atoms with E-state index in [0.717, 1.165) is 6.42 Å². The number of carboxylic acids is 1. The second kappa shape index (κ2) is 7.03. The van der Waals surface area contributed by atoms with Gasteiger partial charge < -0.3 is 20.1 Å². The Morgan fingerprint density at radius 1 is 1.57 bits per heavy atom. The lowest BCUT2D eigenvalue weighted by Gasteiger charge is -2.36. The molecule has 0 spiro atoms. The number of carbonyl (C=O) groups excluding carboxylic acids is 1. The van der Waals surface area contributed by atoms with Crippen molar-refractivity contribution in [2.75, 3.05) is 31.2 Å². The molecule has 0 saturated carbocycles. The maximum Gasteiger partial charge on any atom is 0.339 e. The molecule has 2 rings (SSSR count). The molecule has 1 fully saturated rings. The SMILES string of the molecule is CCCNC(=O)C1COCCN1c1ccncc1C(=O)O. The molecule has 1 aliphatic heterocycles. The lowest BCUT2D eigenvalue weighted by molar-refractivity contribution is -0.124. The monoisotopic (exact) mass is 293 g/mol. The molecule has 1 unspecified atom stereocenters. The van der Waals surface area contributed by atoms with Crippen LogP contribution in [0.2, 0.25) is 0 Å². The highest BCUT2D eigenvalue weighted by atomic mass is 16.5. The van der Waals surface area contributed by atoms with Crippen LogP contribution in [0, 0.1) is 0 Å². The van der Waals surface area contributed by atoms with E-state index in [4.69, 9.17) is 4.74 Å². The third-order valence-corrected chi connectivity index (χ3v) is 3.32. The van der Waals surface area contributed by atoms with Crippen molar-refractivity contribution in [1.29, 1.82) is 0 Å². The van der Waals surface area contributed by atoms with Crippen LogP contribution >= 0.6 is 0 Å². The van der Waals surface area contributed by atoms with E-state index >= 15 is 0 Å². The first-order chi connectivity index (χ1) is 10.1. The van der Waals surface area contributed by atoms with Crippen molar-refractivity contribution >= 4 is 17.6 Å². The van der Waals surface area contributed by atoms with E-state index in [9.17, 15) is 14.7 Å². The molecule has 7 heteroatoms. The van der Waals surface area contributed by atoms with E-state index in [1.165, 1.54) is 12.4 Å². The second-order valence-electron chi connectivity index (χ2n) is 4.77. The van der Waals surface area contributed by atoms with Crippen LogP contribution in [0.25, 0.3) is 0 Å². The predicted molar refractivity (Wildman–Crippen MR) is 76.5 cm³/mol. The van der Waals surface area contributed by atoms with E-state index in [-0.39, 0.29) is 18.1 Å². The summed E-state index contributed by atoms with van der Waals surface area (Å²) in [6.45, 7) is 3.73. The molecule has 114 valence electrons. The topological polar surface area (TPSA) is 91.8 Å². The third kappa shape index (κ3) is 3.49. The number of pyridine rings is 1. The zero-order valence-corrected chi connectivity index (χ0v) is 11.9. The number of nitrogens with zero attached hydrogens (tertiary/aromatic N) is 2. The zero-order valence-electron chi connectivity index (χ0n) is 11.9. The molecule has 2 heterocycles. The molecule has 2 N–H and O–H groups in total. The van der Waals surface area contributed by atoms with Crippen molar-refractivity contribution in [3.63, 3.8) is 0 Å². The lowest BCUT2D eigenvalue weighted by Crippen LogP contribution is -2.54. The van der Waals surface area contributed by atoms with Crippen molar-refractivity contribution in [1.82, 2.24) is 10.3 Å². The Bertz CT molecular complexity index is 521. The number of aromatic carboxylic acids is 1. The fourth-order valence-electron chi connectivity index (χ4n) is 2.28. The highest BCUT2D eigenvalue weighted by Crippen LogP contribution is 2.23. The predicted octanol–water partition coefficient (Wildman–Crippen LogP) is 0.511. The van der Waals surface area contributed by atoms with Crippen molar-refractivity contribution in [2.45, 2.75) is 19.4 Å². The Balaban J connectivity index is 2.26. The minimum atomic E-state index is -1.06. The first-order valence-corrected chi connectivity index (χ1v) is 6.94. The van der Waals surface area contributed by atoms with Gasteiger partial charge in [-0.15, -0.1) is 0 Å². The van der Waals surface area contributed by atoms with Crippen molar-refractivity contribution in [2.24, 2.45) is 0 Å². The van der Waals surface area contributed by atoms with Crippen LogP contribution in [0.3, 0.4) is 0 Å². The summed E-state index contributed by atoms with van der Waals surface area (Å²) in [6.07, 6.45) is 3.67. The molecular formula is C14H19N3O4. The van der Waals surface area contributed by atoms with Gasteiger partial charge >= 0.3 is 5.97 Å². The summed E-state index contributed by atoms with van der Waals surface area (Å²) >= 11 is 0. The molecule has 1 aliphatic rings. The number of carboxylic acid groups (broad SMARTS) is 1. The average Bonchev–Trinajstić information content (AvgIpc) is 2.52. The first-order valence-electron chi connectivity index (χ1n) is 6.94. The number of carbonyl (C=O) groups is 2. The highest BCUT2D eigenvalue weighted by molar-refractivity contribution is 5.95.